The molecule has 110 valence electrons. The maximum absolute atomic E-state index is 10.8. The molecule has 1 aliphatic heterocycles. The molecule has 2 rings (SSSR count). The molecule has 20 heavy (non-hydrogen) atoms. The first-order valence-electron chi connectivity index (χ1n) is 7.05. The van der Waals surface area contributed by atoms with Gasteiger partial charge in [-0.25, -0.2) is 4.98 Å². The Labute approximate surface area is 118 Å². The maximum atomic E-state index is 10.8. The standard InChI is InChI=1S/C14H21N3O3/c1-3-20-10-12-4-6-16(7-5-12)14-8-11(2)13(9-15-14)17(18)19/h8-9,12H,3-7,10H2,1-2H3. The quantitative estimate of drug-likeness (QED) is 0.612. The summed E-state index contributed by atoms with van der Waals surface area (Å²) in [5.41, 5.74) is 0.747. The van der Waals surface area contributed by atoms with Crippen molar-refractivity contribution in [3.63, 3.8) is 0 Å². The minimum Gasteiger partial charge on any atom is -0.381 e. The molecule has 1 aromatic rings. The Morgan fingerprint density at radius 2 is 2.20 bits per heavy atom. The largest absolute Gasteiger partial charge is 0.381 e. The van der Waals surface area contributed by atoms with E-state index in [2.05, 4.69) is 9.88 Å². The van der Waals surface area contributed by atoms with Crippen LogP contribution >= 0.6 is 0 Å². The third-order valence-electron chi connectivity index (χ3n) is 3.76. The first-order valence-corrected chi connectivity index (χ1v) is 7.05. The minimum absolute atomic E-state index is 0.0833. The smallest absolute Gasteiger partial charge is 0.290 e. The van der Waals surface area contributed by atoms with Gasteiger partial charge in [0.25, 0.3) is 5.69 Å². The summed E-state index contributed by atoms with van der Waals surface area (Å²) in [5.74, 6) is 1.45. The summed E-state index contributed by atoms with van der Waals surface area (Å²) in [4.78, 5) is 16.8. The lowest BCUT2D eigenvalue weighted by atomic mass is 9.98. The summed E-state index contributed by atoms with van der Waals surface area (Å²) < 4.78 is 5.47. The van der Waals surface area contributed by atoms with Crippen molar-refractivity contribution in [2.45, 2.75) is 26.7 Å². The normalized spacial score (nSPS) is 16.4. The number of hydrogen-bond donors (Lipinski definition) is 0. The second kappa shape index (κ2) is 6.65. The number of anilines is 1. The molecule has 6 nitrogen and oxygen atoms in total. The second-order valence-electron chi connectivity index (χ2n) is 5.18. The van der Waals surface area contributed by atoms with Crippen LogP contribution in [-0.4, -0.2) is 36.2 Å². The highest BCUT2D eigenvalue weighted by atomic mass is 16.6. The predicted molar refractivity (Wildman–Crippen MR) is 77.1 cm³/mol. The molecule has 1 saturated heterocycles. The number of piperidine rings is 1. The molecular formula is C14H21N3O3. The van der Waals surface area contributed by atoms with Crippen molar-refractivity contribution >= 4 is 11.5 Å². The van der Waals surface area contributed by atoms with E-state index < -0.39 is 0 Å². The van der Waals surface area contributed by atoms with E-state index in [0.717, 1.165) is 45.0 Å². The molecule has 0 amide bonds. The van der Waals surface area contributed by atoms with Crippen LogP contribution in [0.4, 0.5) is 11.5 Å². The number of aromatic nitrogens is 1. The summed E-state index contributed by atoms with van der Waals surface area (Å²) in [6.45, 7) is 7.23. The Kier molecular flexibility index (Phi) is 4.89. The average molecular weight is 279 g/mol. The molecule has 1 fully saturated rings. The van der Waals surface area contributed by atoms with Gasteiger partial charge in [0.2, 0.25) is 0 Å². The van der Waals surface area contributed by atoms with Crippen molar-refractivity contribution in [3.8, 4) is 0 Å². The van der Waals surface area contributed by atoms with Gasteiger partial charge in [-0.2, -0.15) is 0 Å². The lowest BCUT2D eigenvalue weighted by Gasteiger charge is -2.32. The molecular weight excluding hydrogens is 258 g/mol. The summed E-state index contributed by atoms with van der Waals surface area (Å²) in [6.07, 6.45) is 3.52. The second-order valence-corrected chi connectivity index (χ2v) is 5.18. The van der Waals surface area contributed by atoms with Gasteiger partial charge in [0, 0.05) is 31.9 Å². The minimum atomic E-state index is -0.388. The van der Waals surface area contributed by atoms with Gasteiger partial charge in [-0.1, -0.05) is 0 Å². The van der Waals surface area contributed by atoms with Gasteiger partial charge in [-0.3, -0.25) is 10.1 Å². The highest BCUT2D eigenvalue weighted by molar-refractivity contribution is 5.48. The summed E-state index contributed by atoms with van der Waals surface area (Å²) in [5, 5.41) is 10.8. The Morgan fingerprint density at radius 1 is 1.50 bits per heavy atom. The molecule has 0 aliphatic carbocycles. The van der Waals surface area contributed by atoms with Crippen molar-refractivity contribution in [3.05, 3.63) is 27.9 Å². The number of nitrogens with zero attached hydrogens (tertiary/aromatic N) is 3. The van der Waals surface area contributed by atoms with Crippen LogP contribution in [0.5, 0.6) is 0 Å². The average Bonchev–Trinajstić information content (AvgIpc) is 2.45. The molecule has 0 bridgehead atoms. The van der Waals surface area contributed by atoms with Crippen LogP contribution in [0.1, 0.15) is 25.3 Å². The van der Waals surface area contributed by atoms with Crippen molar-refractivity contribution in [1.82, 2.24) is 4.98 Å². The Bertz CT molecular complexity index is 471. The van der Waals surface area contributed by atoms with E-state index in [1.807, 2.05) is 6.92 Å². The number of hydrogen-bond acceptors (Lipinski definition) is 5. The topological polar surface area (TPSA) is 68.5 Å². The Balaban J connectivity index is 1.97. The molecule has 0 atom stereocenters. The third kappa shape index (κ3) is 3.45. The van der Waals surface area contributed by atoms with Gasteiger partial charge < -0.3 is 9.64 Å². The lowest BCUT2D eigenvalue weighted by molar-refractivity contribution is -0.385. The van der Waals surface area contributed by atoms with Crippen molar-refractivity contribution in [2.75, 3.05) is 31.2 Å². The van der Waals surface area contributed by atoms with Crippen LogP contribution in [-0.2, 0) is 4.74 Å². The molecule has 1 aliphatic rings. The first-order chi connectivity index (χ1) is 9.61. The van der Waals surface area contributed by atoms with E-state index in [4.69, 9.17) is 4.74 Å². The highest BCUT2D eigenvalue weighted by Crippen LogP contribution is 2.25. The van der Waals surface area contributed by atoms with Crippen LogP contribution in [0, 0.1) is 23.0 Å². The fourth-order valence-electron chi connectivity index (χ4n) is 2.51. The van der Waals surface area contributed by atoms with Gasteiger partial charge in [-0.05, 0) is 38.7 Å². The number of aryl methyl sites for hydroxylation is 1. The number of ether oxygens (including phenoxy) is 1. The predicted octanol–water partition coefficient (Wildman–Crippen LogP) is 2.55. The zero-order valence-corrected chi connectivity index (χ0v) is 12.0. The van der Waals surface area contributed by atoms with Crippen LogP contribution in [0.2, 0.25) is 0 Å². The molecule has 0 saturated carbocycles. The summed E-state index contributed by atoms with van der Waals surface area (Å²) in [6, 6.07) is 1.81. The van der Waals surface area contributed by atoms with E-state index in [0.29, 0.717) is 11.5 Å². The van der Waals surface area contributed by atoms with Gasteiger partial charge >= 0.3 is 0 Å². The third-order valence-corrected chi connectivity index (χ3v) is 3.76. The molecule has 2 heterocycles. The maximum Gasteiger partial charge on any atom is 0.290 e. The molecule has 0 unspecified atom stereocenters. The first kappa shape index (κ1) is 14.7. The molecule has 0 radical (unpaired) electrons. The zero-order valence-electron chi connectivity index (χ0n) is 12.0. The molecule has 0 spiro atoms. The van der Waals surface area contributed by atoms with Crippen LogP contribution in [0.3, 0.4) is 0 Å². The number of nitro groups is 1. The highest BCUT2D eigenvalue weighted by Gasteiger charge is 2.21. The van der Waals surface area contributed by atoms with Gasteiger partial charge in [0.15, 0.2) is 0 Å². The van der Waals surface area contributed by atoms with Crippen LogP contribution in [0.15, 0.2) is 12.3 Å². The van der Waals surface area contributed by atoms with Crippen molar-refractivity contribution in [2.24, 2.45) is 5.92 Å². The Morgan fingerprint density at radius 3 is 2.75 bits per heavy atom. The van der Waals surface area contributed by atoms with Crippen LogP contribution < -0.4 is 4.90 Å². The zero-order chi connectivity index (χ0) is 14.5. The molecule has 0 N–H and O–H groups in total. The lowest BCUT2D eigenvalue weighted by Crippen LogP contribution is -2.35. The molecule has 0 aromatic carbocycles. The van der Waals surface area contributed by atoms with E-state index in [9.17, 15) is 10.1 Å². The van der Waals surface area contributed by atoms with E-state index in [1.54, 1.807) is 13.0 Å². The SMILES string of the molecule is CCOCC1CCN(c2cc(C)c([N+](=O)[O-])cn2)CC1. The van der Waals surface area contributed by atoms with Gasteiger partial charge in [0.05, 0.1) is 4.92 Å². The Hall–Kier alpha value is -1.69. The van der Waals surface area contributed by atoms with Gasteiger partial charge in [0.1, 0.15) is 12.0 Å². The number of pyridine rings is 1. The van der Waals surface area contributed by atoms with Crippen LogP contribution in [0.25, 0.3) is 0 Å². The molecule has 6 heteroatoms. The summed E-state index contributed by atoms with van der Waals surface area (Å²) >= 11 is 0. The monoisotopic (exact) mass is 279 g/mol. The number of rotatable bonds is 5. The van der Waals surface area contributed by atoms with E-state index in [1.165, 1.54) is 6.20 Å². The fraction of sp³-hybridized carbons (Fsp3) is 0.643. The fourth-order valence-corrected chi connectivity index (χ4v) is 2.51. The van der Waals surface area contributed by atoms with E-state index >= 15 is 0 Å². The van der Waals surface area contributed by atoms with Crippen molar-refractivity contribution < 1.29 is 9.66 Å². The summed E-state index contributed by atoms with van der Waals surface area (Å²) in [7, 11) is 0. The molecule has 1 aromatic heterocycles. The van der Waals surface area contributed by atoms with Gasteiger partial charge in [-0.15, -0.1) is 0 Å². The van der Waals surface area contributed by atoms with Crippen molar-refractivity contribution in [1.29, 1.82) is 0 Å². The van der Waals surface area contributed by atoms with E-state index in [-0.39, 0.29) is 10.6 Å².